The molecule has 0 saturated heterocycles. The van der Waals surface area contributed by atoms with Crippen LogP contribution >= 0.6 is 0 Å². The molecule has 0 rings (SSSR count). The maximum Gasteiger partial charge on any atom is 0.305 e. The second-order valence-electron chi connectivity index (χ2n) is 13.3. The number of carbonyl (C=O) groups is 1. The first-order chi connectivity index (χ1) is 20.8. The minimum absolute atomic E-state index is 0.0189. The fourth-order valence-corrected chi connectivity index (χ4v) is 5.96. The van der Waals surface area contributed by atoms with Crippen LogP contribution in [0, 0.1) is 0 Å². The number of esters is 1. The molecular weight excluding hydrogens is 512 g/mol. The van der Waals surface area contributed by atoms with Crippen molar-refractivity contribution in [3.8, 4) is 0 Å². The maximum atomic E-state index is 11.9. The summed E-state index contributed by atoms with van der Waals surface area (Å²) in [7, 11) is 0. The van der Waals surface area contributed by atoms with Crippen LogP contribution in [0.1, 0.15) is 232 Å². The van der Waals surface area contributed by atoms with Crippen LogP contribution in [0.4, 0.5) is 0 Å². The molecule has 0 aromatic rings. The van der Waals surface area contributed by atoms with Crippen LogP contribution in [0.5, 0.6) is 0 Å². The van der Waals surface area contributed by atoms with E-state index in [2.05, 4.69) is 26.0 Å². The largest absolute Gasteiger partial charge is 0.466 e. The van der Waals surface area contributed by atoms with E-state index in [-0.39, 0.29) is 5.97 Å². The number of hydrogen-bond donors (Lipinski definition) is 0. The van der Waals surface area contributed by atoms with Crippen molar-refractivity contribution in [3.63, 3.8) is 0 Å². The van der Waals surface area contributed by atoms with Gasteiger partial charge in [-0.25, -0.2) is 0 Å². The minimum atomic E-state index is 0.0189. The van der Waals surface area contributed by atoms with E-state index in [1.54, 1.807) is 0 Å². The lowest BCUT2D eigenvalue weighted by Gasteiger charge is -2.06. The fraction of sp³-hybridized carbons (Fsp3) is 0.925. The highest BCUT2D eigenvalue weighted by Gasteiger charge is 2.02. The molecule has 0 spiro atoms. The summed E-state index contributed by atoms with van der Waals surface area (Å²) in [4.78, 5) is 11.9. The number of unbranched alkanes of at least 4 members (excludes halogenated alkanes) is 30. The number of carbonyl (C=O) groups excluding carboxylic acids is 1. The predicted octanol–water partition coefficient (Wildman–Crippen LogP) is 14.4. The summed E-state index contributed by atoms with van der Waals surface area (Å²) in [6.45, 7) is 5.20. The zero-order chi connectivity index (χ0) is 30.4. The molecule has 0 amide bonds. The third-order valence-electron chi connectivity index (χ3n) is 8.90. The van der Waals surface area contributed by atoms with E-state index in [0.717, 1.165) is 19.3 Å². The molecule has 0 heterocycles. The molecule has 0 atom stereocenters. The molecular formula is C40H78O2. The molecule has 0 fully saturated rings. The number of allylic oxidation sites excluding steroid dienone is 2. The van der Waals surface area contributed by atoms with Crippen LogP contribution in [-0.2, 0) is 9.53 Å². The highest BCUT2D eigenvalue weighted by atomic mass is 16.5. The van der Waals surface area contributed by atoms with Crippen molar-refractivity contribution in [2.24, 2.45) is 0 Å². The van der Waals surface area contributed by atoms with Crippen LogP contribution in [0.15, 0.2) is 12.2 Å². The maximum absolute atomic E-state index is 11.9. The predicted molar refractivity (Wildman–Crippen MR) is 188 cm³/mol. The van der Waals surface area contributed by atoms with Gasteiger partial charge in [0.2, 0.25) is 0 Å². The molecule has 2 heteroatoms. The first-order valence-corrected chi connectivity index (χ1v) is 19.6. The van der Waals surface area contributed by atoms with E-state index in [1.165, 1.54) is 193 Å². The lowest BCUT2D eigenvalue weighted by Crippen LogP contribution is -2.05. The highest BCUT2D eigenvalue weighted by Crippen LogP contribution is 2.15. The zero-order valence-corrected chi connectivity index (χ0v) is 29.2. The van der Waals surface area contributed by atoms with Gasteiger partial charge in [-0.15, -0.1) is 0 Å². The summed E-state index contributed by atoms with van der Waals surface area (Å²) in [5.74, 6) is 0.0189. The van der Waals surface area contributed by atoms with E-state index in [1.807, 2.05) is 0 Å². The van der Waals surface area contributed by atoms with Gasteiger partial charge in [0.15, 0.2) is 0 Å². The first kappa shape index (κ1) is 41.2. The van der Waals surface area contributed by atoms with Crippen molar-refractivity contribution < 1.29 is 9.53 Å². The monoisotopic (exact) mass is 591 g/mol. The van der Waals surface area contributed by atoms with E-state index in [9.17, 15) is 4.79 Å². The van der Waals surface area contributed by atoms with Crippen molar-refractivity contribution in [3.05, 3.63) is 12.2 Å². The molecule has 0 aliphatic carbocycles. The van der Waals surface area contributed by atoms with Crippen LogP contribution in [-0.4, -0.2) is 12.6 Å². The lowest BCUT2D eigenvalue weighted by molar-refractivity contribution is -0.143. The molecule has 0 aromatic carbocycles. The number of ether oxygens (including phenoxy) is 1. The molecule has 0 radical (unpaired) electrons. The van der Waals surface area contributed by atoms with Crippen LogP contribution < -0.4 is 0 Å². The third kappa shape index (κ3) is 37.2. The summed E-state index contributed by atoms with van der Waals surface area (Å²) in [5, 5.41) is 0. The normalized spacial score (nSPS) is 11.6. The SMILES string of the molecule is CCCCCCCC/C=C/CCCCCCCC(=O)OCCCCCCCCCCCCCCCCCCCCCC. The molecule has 0 aromatic heterocycles. The van der Waals surface area contributed by atoms with Gasteiger partial charge in [0.25, 0.3) is 0 Å². The third-order valence-corrected chi connectivity index (χ3v) is 8.90. The Kier molecular flexibility index (Phi) is 37.5. The standard InChI is InChI=1S/C40H78O2/c1-3-5-7-9-11-13-15-17-19-20-21-22-23-25-27-29-31-33-35-37-39-42-40(41)38-36-34-32-30-28-26-24-18-16-14-12-10-8-6-4-2/h18,24H,3-17,19-23,25-39H2,1-2H3/b24-18+. The second kappa shape index (κ2) is 38.2. The fourth-order valence-electron chi connectivity index (χ4n) is 5.96. The summed E-state index contributed by atoms with van der Waals surface area (Å²) in [5.41, 5.74) is 0. The van der Waals surface area contributed by atoms with Gasteiger partial charge in [-0.1, -0.05) is 199 Å². The van der Waals surface area contributed by atoms with E-state index in [4.69, 9.17) is 4.74 Å². The molecule has 0 N–H and O–H groups in total. The van der Waals surface area contributed by atoms with Crippen molar-refractivity contribution in [2.75, 3.05) is 6.61 Å². The van der Waals surface area contributed by atoms with Gasteiger partial charge in [-0.2, -0.15) is 0 Å². The van der Waals surface area contributed by atoms with Gasteiger partial charge in [0, 0.05) is 6.42 Å². The lowest BCUT2D eigenvalue weighted by atomic mass is 10.0. The summed E-state index contributed by atoms with van der Waals surface area (Å²) < 4.78 is 5.45. The van der Waals surface area contributed by atoms with E-state index < -0.39 is 0 Å². The smallest absolute Gasteiger partial charge is 0.305 e. The highest BCUT2D eigenvalue weighted by molar-refractivity contribution is 5.69. The Balaban J connectivity index is 3.17. The molecule has 2 nitrogen and oxygen atoms in total. The molecule has 0 saturated carbocycles. The Hall–Kier alpha value is -0.790. The Morgan fingerprint density at radius 2 is 0.667 bits per heavy atom. The van der Waals surface area contributed by atoms with Gasteiger partial charge >= 0.3 is 5.97 Å². The van der Waals surface area contributed by atoms with Crippen molar-refractivity contribution in [1.29, 1.82) is 0 Å². The van der Waals surface area contributed by atoms with Crippen molar-refractivity contribution in [1.82, 2.24) is 0 Å². The summed E-state index contributed by atoms with van der Waals surface area (Å²) >= 11 is 0. The van der Waals surface area contributed by atoms with Crippen LogP contribution in [0.3, 0.4) is 0 Å². The Morgan fingerprint density at radius 3 is 1.02 bits per heavy atom. The molecule has 0 aliphatic heterocycles. The van der Waals surface area contributed by atoms with Gasteiger partial charge in [-0.05, 0) is 38.5 Å². The topological polar surface area (TPSA) is 26.3 Å². The zero-order valence-electron chi connectivity index (χ0n) is 29.2. The van der Waals surface area contributed by atoms with Crippen molar-refractivity contribution >= 4 is 5.97 Å². The van der Waals surface area contributed by atoms with E-state index in [0.29, 0.717) is 13.0 Å². The minimum Gasteiger partial charge on any atom is -0.466 e. The first-order valence-electron chi connectivity index (χ1n) is 19.6. The van der Waals surface area contributed by atoms with Gasteiger partial charge in [-0.3, -0.25) is 4.79 Å². The van der Waals surface area contributed by atoms with Gasteiger partial charge < -0.3 is 4.74 Å². The Morgan fingerprint density at radius 1 is 0.381 bits per heavy atom. The van der Waals surface area contributed by atoms with Crippen molar-refractivity contribution in [2.45, 2.75) is 232 Å². The Bertz CT molecular complexity index is 526. The number of hydrogen-bond acceptors (Lipinski definition) is 2. The molecule has 0 unspecified atom stereocenters. The van der Waals surface area contributed by atoms with Crippen LogP contribution in [0.2, 0.25) is 0 Å². The average Bonchev–Trinajstić information content (AvgIpc) is 3.00. The second-order valence-corrected chi connectivity index (χ2v) is 13.3. The average molecular weight is 591 g/mol. The van der Waals surface area contributed by atoms with Gasteiger partial charge in [0.05, 0.1) is 6.61 Å². The Labute approximate surface area is 266 Å². The molecule has 250 valence electrons. The van der Waals surface area contributed by atoms with Crippen LogP contribution in [0.25, 0.3) is 0 Å². The summed E-state index contributed by atoms with van der Waals surface area (Å²) in [6.07, 6.45) is 50.0. The summed E-state index contributed by atoms with van der Waals surface area (Å²) in [6, 6.07) is 0. The van der Waals surface area contributed by atoms with E-state index >= 15 is 0 Å². The molecule has 0 aliphatic rings. The number of rotatable bonds is 36. The quantitative estimate of drug-likeness (QED) is 0.0412. The molecule has 0 bridgehead atoms. The van der Waals surface area contributed by atoms with Gasteiger partial charge in [0.1, 0.15) is 0 Å². The molecule has 42 heavy (non-hydrogen) atoms.